The van der Waals surface area contributed by atoms with Crippen molar-refractivity contribution in [2.45, 2.75) is 13.2 Å². The molecule has 2 heterocycles. The smallest absolute Gasteiger partial charge is 0.238 e. The lowest BCUT2D eigenvalue weighted by Gasteiger charge is -2.34. The van der Waals surface area contributed by atoms with Gasteiger partial charge in [0.2, 0.25) is 5.91 Å². The third-order valence-electron chi connectivity index (χ3n) is 4.44. The van der Waals surface area contributed by atoms with Crippen LogP contribution >= 0.6 is 0 Å². The summed E-state index contributed by atoms with van der Waals surface area (Å²) in [6.07, 6.45) is 3.18. The van der Waals surface area contributed by atoms with E-state index in [2.05, 4.69) is 44.4 Å². The summed E-state index contributed by atoms with van der Waals surface area (Å²) in [5, 5.41) is 12.2. The fourth-order valence-electron chi connectivity index (χ4n) is 3.01. The molecule has 1 aromatic carbocycles. The number of piperazine rings is 1. The van der Waals surface area contributed by atoms with Crippen LogP contribution in [0.3, 0.4) is 0 Å². The molecule has 0 radical (unpaired) electrons. The second-order valence-corrected chi connectivity index (χ2v) is 6.28. The molecule has 0 aliphatic carbocycles. The Morgan fingerprint density at radius 1 is 1.08 bits per heavy atom. The van der Waals surface area contributed by atoms with Crippen LogP contribution in [0.5, 0.6) is 0 Å². The molecule has 1 aromatic heterocycles. The van der Waals surface area contributed by atoms with Gasteiger partial charge in [0, 0.05) is 44.5 Å². The minimum Gasteiger partial charge on any atom is -0.392 e. The van der Waals surface area contributed by atoms with Crippen LogP contribution in [-0.2, 0) is 17.9 Å². The number of aliphatic hydroxyl groups excluding tert-OH is 1. The molecule has 25 heavy (non-hydrogen) atoms. The first-order chi connectivity index (χ1) is 12.2. The highest BCUT2D eigenvalue weighted by molar-refractivity contribution is 5.92. The maximum Gasteiger partial charge on any atom is 0.238 e. The average Bonchev–Trinajstić information content (AvgIpc) is 2.64. The van der Waals surface area contributed by atoms with E-state index in [9.17, 15) is 9.90 Å². The van der Waals surface area contributed by atoms with Gasteiger partial charge in [-0.3, -0.25) is 19.6 Å². The summed E-state index contributed by atoms with van der Waals surface area (Å²) >= 11 is 0. The zero-order valence-electron chi connectivity index (χ0n) is 14.3. The molecule has 1 aliphatic heterocycles. The van der Waals surface area contributed by atoms with Crippen molar-refractivity contribution in [3.63, 3.8) is 0 Å². The SMILES string of the molecule is O=C(CN1CCN(Cc2ccccc2)CC1)Nc1cnccc1CO. The standard InChI is InChI=1S/C19H24N4O2/c24-15-17-6-7-20-12-18(17)21-19(25)14-23-10-8-22(9-11-23)13-16-4-2-1-3-5-16/h1-7,12,24H,8-11,13-15H2,(H,21,25). The number of pyridine rings is 1. The number of amides is 1. The number of anilines is 1. The van der Waals surface area contributed by atoms with Crippen molar-refractivity contribution in [2.75, 3.05) is 38.0 Å². The number of nitrogens with zero attached hydrogens (tertiary/aromatic N) is 3. The Balaban J connectivity index is 1.45. The van der Waals surface area contributed by atoms with Gasteiger partial charge in [-0.15, -0.1) is 0 Å². The van der Waals surface area contributed by atoms with Crippen LogP contribution in [0.2, 0.25) is 0 Å². The largest absolute Gasteiger partial charge is 0.392 e. The Kier molecular flexibility index (Phi) is 6.11. The normalized spacial score (nSPS) is 15.9. The first-order valence-electron chi connectivity index (χ1n) is 8.57. The molecule has 0 saturated carbocycles. The number of hydrogen-bond acceptors (Lipinski definition) is 5. The van der Waals surface area contributed by atoms with Gasteiger partial charge in [-0.1, -0.05) is 30.3 Å². The van der Waals surface area contributed by atoms with Crippen LogP contribution in [0.4, 0.5) is 5.69 Å². The number of benzene rings is 1. The van der Waals surface area contributed by atoms with Crippen LogP contribution in [0.15, 0.2) is 48.8 Å². The van der Waals surface area contributed by atoms with E-state index in [1.165, 1.54) is 5.56 Å². The lowest BCUT2D eigenvalue weighted by atomic mass is 10.2. The van der Waals surface area contributed by atoms with Crippen molar-refractivity contribution in [1.82, 2.24) is 14.8 Å². The Morgan fingerprint density at radius 3 is 2.52 bits per heavy atom. The molecular weight excluding hydrogens is 316 g/mol. The number of rotatable bonds is 6. The summed E-state index contributed by atoms with van der Waals surface area (Å²) in [7, 11) is 0. The van der Waals surface area contributed by atoms with Gasteiger partial charge in [-0.25, -0.2) is 0 Å². The summed E-state index contributed by atoms with van der Waals surface area (Å²) in [6, 6.07) is 12.2. The minimum absolute atomic E-state index is 0.0702. The van der Waals surface area contributed by atoms with E-state index < -0.39 is 0 Å². The van der Waals surface area contributed by atoms with E-state index in [-0.39, 0.29) is 12.5 Å². The maximum atomic E-state index is 12.2. The molecule has 3 rings (SSSR count). The van der Waals surface area contributed by atoms with Crippen molar-refractivity contribution >= 4 is 11.6 Å². The molecule has 1 aliphatic rings. The summed E-state index contributed by atoms with van der Waals surface area (Å²) in [6.45, 7) is 4.86. The van der Waals surface area contributed by atoms with Crippen LogP contribution in [0, 0.1) is 0 Å². The Hall–Kier alpha value is -2.28. The quantitative estimate of drug-likeness (QED) is 0.830. The van der Waals surface area contributed by atoms with Crippen LogP contribution < -0.4 is 5.32 Å². The highest BCUT2D eigenvalue weighted by Gasteiger charge is 2.19. The summed E-state index contributed by atoms with van der Waals surface area (Å²) in [5.41, 5.74) is 2.58. The number of aromatic nitrogens is 1. The van der Waals surface area contributed by atoms with Gasteiger partial charge >= 0.3 is 0 Å². The zero-order chi connectivity index (χ0) is 17.5. The molecule has 2 N–H and O–H groups in total. The van der Waals surface area contributed by atoms with E-state index in [0.717, 1.165) is 32.7 Å². The third kappa shape index (κ3) is 5.09. The lowest BCUT2D eigenvalue weighted by Crippen LogP contribution is -2.48. The van der Waals surface area contributed by atoms with Gasteiger partial charge in [0.25, 0.3) is 0 Å². The molecule has 1 saturated heterocycles. The summed E-state index contributed by atoms with van der Waals surface area (Å²) in [4.78, 5) is 20.8. The molecule has 132 valence electrons. The lowest BCUT2D eigenvalue weighted by molar-refractivity contribution is -0.117. The number of carbonyl (C=O) groups is 1. The van der Waals surface area contributed by atoms with E-state index in [1.807, 2.05) is 6.07 Å². The highest BCUT2D eigenvalue weighted by Crippen LogP contribution is 2.13. The summed E-state index contributed by atoms with van der Waals surface area (Å²) < 4.78 is 0. The monoisotopic (exact) mass is 340 g/mol. The minimum atomic E-state index is -0.115. The predicted octanol–water partition coefficient (Wildman–Crippen LogP) is 1.33. The fourth-order valence-corrected chi connectivity index (χ4v) is 3.01. The molecular formula is C19H24N4O2. The van der Waals surface area contributed by atoms with Gasteiger partial charge in [0.1, 0.15) is 0 Å². The molecule has 0 unspecified atom stereocenters. The number of nitrogens with one attached hydrogen (secondary N) is 1. The van der Waals surface area contributed by atoms with Crippen molar-refractivity contribution in [3.8, 4) is 0 Å². The average molecular weight is 340 g/mol. The molecule has 0 atom stereocenters. The van der Waals surface area contributed by atoms with E-state index in [0.29, 0.717) is 17.8 Å². The Labute approximate surface area is 148 Å². The number of hydrogen-bond donors (Lipinski definition) is 2. The van der Waals surface area contributed by atoms with Crippen molar-refractivity contribution in [3.05, 3.63) is 59.9 Å². The van der Waals surface area contributed by atoms with Crippen molar-refractivity contribution in [1.29, 1.82) is 0 Å². The molecule has 1 fully saturated rings. The molecule has 6 nitrogen and oxygen atoms in total. The van der Waals surface area contributed by atoms with Gasteiger partial charge in [-0.2, -0.15) is 0 Å². The first kappa shape index (κ1) is 17.5. The molecule has 6 heteroatoms. The van der Waals surface area contributed by atoms with Gasteiger partial charge in [0.05, 0.1) is 25.0 Å². The highest BCUT2D eigenvalue weighted by atomic mass is 16.3. The molecule has 0 spiro atoms. The second kappa shape index (κ2) is 8.71. The zero-order valence-corrected chi connectivity index (χ0v) is 14.3. The number of aliphatic hydroxyl groups is 1. The maximum absolute atomic E-state index is 12.2. The van der Waals surface area contributed by atoms with Crippen molar-refractivity contribution < 1.29 is 9.90 Å². The Bertz CT molecular complexity index is 685. The van der Waals surface area contributed by atoms with Gasteiger partial charge < -0.3 is 10.4 Å². The predicted molar refractivity (Wildman–Crippen MR) is 96.9 cm³/mol. The van der Waals surface area contributed by atoms with E-state index in [4.69, 9.17) is 0 Å². The Morgan fingerprint density at radius 2 is 1.80 bits per heavy atom. The van der Waals surface area contributed by atoms with E-state index >= 15 is 0 Å². The van der Waals surface area contributed by atoms with Gasteiger partial charge in [0.15, 0.2) is 0 Å². The fraction of sp³-hybridized carbons (Fsp3) is 0.368. The third-order valence-corrected chi connectivity index (χ3v) is 4.44. The first-order valence-corrected chi connectivity index (χ1v) is 8.57. The van der Waals surface area contributed by atoms with Crippen LogP contribution in [0.25, 0.3) is 0 Å². The van der Waals surface area contributed by atoms with Crippen molar-refractivity contribution in [2.24, 2.45) is 0 Å². The molecule has 0 bridgehead atoms. The van der Waals surface area contributed by atoms with Crippen LogP contribution in [0.1, 0.15) is 11.1 Å². The number of carbonyl (C=O) groups excluding carboxylic acids is 1. The molecule has 2 aromatic rings. The van der Waals surface area contributed by atoms with Gasteiger partial charge in [-0.05, 0) is 11.6 Å². The molecule has 1 amide bonds. The topological polar surface area (TPSA) is 68.7 Å². The second-order valence-electron chi connectivity index (χ2n) is 6.28. The summed E-state index contributed by atoms with van der Waals surface area (Å²) in [5.74, 6) is -0.0702. The van der Waals surface area contributed by atoms with Crippen LogP contribution in [-0.4, -0.2) is 58.5 Å². The van der Waals surface area contributed by atoms with E-state index in [1.54, 1.807) is 18.5 Å².